The van der Waals surface area contributed by atoms with Crippen molar-refractivity contribution in [3.63, 3.8) is 0 Å². The van der Waals surface area contributed by atoms with Crippen LogP contribution in [0.15, 0.2) is 36.4 Å². The van der Waals surface area contributed by atoms with Crippen LogP contribution in [0.4, 0.5) is 10.1 Å². The fraction of sp³-hybridized carbons (Fsp3) is 0.235. The molecule has 0 saturated carbocycles. The number of halogens is 1. The van der Waals surface area contributed by atoms with E-state index >= 15 is 0 Å². The van der Waals surface area contributed by atoms with E-state index in [4.69, 9.17) is 26.4 Å². The highest BCUT2D eigenvalue weighted by molar-refractivity contribution is 7.80. The smallest absolute Gasteiger partial charge is 0.203 e. The number of hydrogen-bond donors (Lipinski definition) is 2. The Bertz CT molecular complexity index is 725. The Morgan fingerprint density at radius 1 is 1.04 bits per heavy atom. The van der Waals surface area contributed by atoms with Gasteiger partial charge in [-0.15, -0.1) is 0 Å². The van der Waals surface area contributed by atoms with Gasteiger partial charge in [-0.25, -0.2) is 4.39 Å². The molecule has 0 amide bonds. The van der Waals surface area contributed by atoms with Crippen LogP contribution in [0.25, 0.3) is 0 Å². The largest absolute Gasteiger partial charge is 0.493 e. The monoisotopic (exact) mass is 350 g/mol. The van der Waals surface area contributed by atoms with Crippen molar-refractivity contribution < 1.29 is 18.6 Å². The molecular formula is C17H19FN2O3S. The molecule has 0 bridgehead atoms. The summed E-state index contributed by atoms with van der Waals surface area (Å²) in [5.41, 5.74) is 1.42. The van der Waals surface area contributed by atoms with Crippen LogP contribution >= 0.6 is 12.2 Å². The van der Waals surface area contributed by atoms with Gasteiger partial charge >= 0.3 is 0 Å². The van der Waals surface area contributed by atoms with E-state index in [1.165, 1.54) is 12.1 Å². The van der Waals surface area contributed by atoms with Crippen molar-refractivity contribution in [3.8, 4) is 17.2 Å². The van der Waals surface area contributed by atoms with Crippen molar-refractivity contribution in [2.75, 3.05) is 26.6 Å². The van der Waals surface area contributed by atoms with E-state index in [1.807, 2.05) is 6.07 Å². The Kier molecular flexibility index (Phi) is 6.20. The predicted molar refractivity (Wildman–Crippen MR) is 95.6 cm³/mol. The number of hydrogen-bond acceptors (Lipinski definition) is 4. The van der Waals surface area contributed by atoms with Gasteiger partial charge in [0.2, 0.25) is 5.75 Å². The summed E-state index contributed by atoms with van der Waals surface area (Å²) in [7, 11) is 4.67. The Hall–Kier alpha value is -2.54. The number of nitrogens with one attached hydrogen (secondary N) is 2. The maximum absolute atomic E-state index is 13.2. The molecule has 2 aromatic rings. The van der Waals surface area contributed by atoms with Crippen molar-refractivity contribution in [1.82, 2.24) is 5.32 Å². The number of methoxy groups -OCH3 is 3. The summed E-state index contributed by atoms with van der Waals surface area (Å²) in [5, 5.41) is 6.35. The molecule has 2 rings (SSSR count). The van der Waals surface area contributed by atoms with Gasteiger partial charge in [-0.05, 0) is 42.5 Å². The van der Waals surface area contributed by atoms with Crippen LogP contribution in [0, 0.1) is 5.82 Å². The maximum Gasteiger partial charge on any atom is 0.203 e. The Labute approximate surface area is 145 Å². The van der Waals surface area contributed by atoms with Gasteiger partial charge in [0, 0.05) is 17.8 Å². The second-order valence-electron chi connectivity index (χ2n) is 4.81. The van der Waals surface area contributed by atoms with Crippen molar-refractivity contribution in [1.29, 1.82) is 0 Å². The van der Waals surface area contributed by atoms with Gasteiger partial charge in [0.25, 0.3) is 0 Å². The summed E-state index contributed by atoms with van der Waals surface area (Å²) in [6.07, 6.45) is 0. The van der Waals surface area contributed by atoms with E-state index in [0.29, 0.717) is 34.6 Å². The molecule has 0 aliphatic carbocycles. The molecule has 0 aliphatic rings. The first-order valence-corrected chi connectivity index (χ1v) is 7.58. The standard InChI is InChI=1S/C17H19FN2O3S/c1-21-14-8-7-11(15(22-2)16(14)23-3)10-19-17(24)20-13-6-4-5-12(18)9-13/h4-9H,10H2,1-3H3,(H2,19,20,24). The first kappa shape index (κ1) is 17.8. The molecule has 0 fully saturated rings. The first-order valence-electron chi connectivity index (χ1n) is 7.17. The fourth-order valence-electron chi connectivity index (χ4n) is 2.22. The molecule has 0 radical (unpaired) electrons. The SMILES string of the molecule is COc1ccc(CNC(=S)Nc2cccc(F)c2)c(OC)c1OC. The molecule has 128 valence electrons. The fourth-order valence-corrected chi connectivity index (χ4v) is 2.41. The number of anilines is 1. The lowest BCUT2D eigenvalue weighted by molar-refractivity contribution is 0.322. The molecular weight excluding hydrogens is 331 g/mol. The van der Waals surface area contributed by atoms with Gasteiger partial charge in [-0.3, -0.25) is 0 Å². The summed E-state index contributed by atoms with van der Waals surface area (Å²) < 4.78 is 29.2. The minimum atomic E-state index is -0.329. The number of thiocarbonyl (C=S) groups is 1. The summed E-state index contributed by atoms with van der Waals surface area (Å²) >= 11 is 5.23. The minimum Gasteiger partial charge on any atom is -0.493 e. The molecule has 7 heteroatoms. The molecule has 0 heterocycles. The lowest BCUT2D eigenvalue weighted by atomic mass is 10.1. The third kappa shape index (κ3) is 4.26. The number of ether oxygens (including phenoxy) is 3. The van der Waals surface area contributed by atoms with Gasteiger partial charge in [0.1, 0.15) is 5.82 Å². The topological polar surface area (TPSA) is 51.8 Å². The van der Waals surface area contributed by atoms with Crippen LogP contribution in [-0.2, 0) is 6.54 Å². The van der Waals surface area contributed by atoms with Crippen LogP contribution in [-0.4, -0.2) is 26.4 Å². The van der Waals surface area contributed by atoms with Gasteiger partial charge < -0.3 is 24.8 Å². The van der Waals surface area contributed by atoms with Gasteiger partial charge in [0.05, 0.1) is 21.3 Å². The first-order chi connectivity index (χ1) is 11.6. The lowest BCUT2D eigenvalue weighted by Crippen LogP contribution is -2.28. The molecule has 24 heavy (non-hydrogen) atoms. The molecule has 2 N–H and O–H groups in total. The maximum atomic E-state index is 13.2. The normalized spacial score (nSPS) is 10.0. The molecule has 0 spiro atoms. The highest BCUT2D eigenvalue weighted by Gasteiger charge is 2.15. The molecule has 0 unspecified atom stereocenters. The zero-order valence-electron chi connectivity index (χ0n) is 13.7. The average molecular weight is 350 g/mol. The van der Waals surface area contributed by atoms with Crippen LogP contribution in [0.2, 0.25) is 0 Å². The molecule has 0 aliphatic heterocycles. The van der Waals surface area contributed by atoms with E-state index in [2.05, 4.69) is 10.6 Å². The summed E-state index contributed by atoms with van der Waals surface area (Å²) in [6.45, 7) is 0.407. The summed E-state index contributed by atoms with van der Waals surface area (Å²) in [4.78, 5) is 0. The molecule has 0 atom stereocenters. The van der Waals surface area contributed by atoms with E-state index in [9.17, 15) is 4.39 Å². The second-order valence-corrected chi connectivity index (χ2v) is 5.22. The van der Waals surface area contributed by atoms with Crippen LogP contribution in [0.3, 0.4) is 0 Å². The summed E-state index contributed by atoms with van der Waals surface area (Å²) in [6, 6.07) is 9.73. The molecule has 0 aromatic heterocycles. The van der Waals surface area contributed by atoms with Gasteiger partial charge in [-0.2, -0.15) is 0 Å². The Morgan fingerprint density at radius 3 is 2.42 bits per heavy atom. The predicted octanol–water partition coefficient (Wildman–Crippen LogP) is 3.34. The summed E-state index contributed by atoms with van der Waals surface area (Å²) in [5.74, 6) is 1.34. The third-order valence-corrected chi connectivity index (χ3v) is 3.55. The van der Waals surface area contributed by atoms with Crippen molar-refractivity contribution in [2.24, 2.45) is 0 Å². The van der Waals surface area contributed by atoms with Gasteiger partial charge in [0.15, 0.2) is 16.6 Å². The highest BCUT2D eigenvalue weighted by Crippen LogP contribution is 2.39. The zero-order chi connectivity index (χ0) is 17.5. The van der Waals surface area contributed by atoms with Crippen molar-refractivity contribution >= 4 is 23.0 Å². The minimum absolute atomic E-state index is 0.329. The highest BCUT2D eigenvalue weighted by atomic mass is 32.1. The molecule has 5 nitrogen and oxygen atoms in total. The molecule has 2 aromatic carbocycles. The number of rotatable bonds is 6. The molecule has 0 saturated heterocycles. The van der Waals surface area contributed by atoms with Gasteiger partial charge in [-0.1, -0.05) is 6.07 Å². The second kappa shape index (κ2) is 8.35. The van der Waals surface area contributed by atoms with Crippen molar-refractivity contribution in [3.05, 3.63) is 47.8 Å². The van der Waals surface area contributed by atoms with Crippen LogP contribution in [0.1, 0.15) is 5.56 Å². The van der Waals surface area contributed by atoms with E-state index in [1.54, 1.807) is 39.5 Å². The quantitative estimate of drug-likeness (QED) is 0.780. The van der Waals surface area contributed by atoms with Crippen LogP contribution in [0.5, 0.6) is 17.2 Å². The number of benzene rings is 2. The zero-order valence-corrected chi connectivity index (χ0v) is 14.5. The van der Waals surface area contributed by atoms with E-state index < -0.39 is 0 Å². The van der Waals surface area contributed by atoms with Crippen LogP contribution < -0.4 is 24.8 Å². The third-order valence-electron chi connectivity index (χ3n) is 3.31. The Morgan fingerprint density at radius 2 is 1.79 bits per heavy atom. The van der Waals surface area contributed by atoms with E-state index in [-0.39, 0.29) is 5.82 Å². The lowest BCUT2D eigenvalue weighted by Gasteiger charge is -2.17. The van der Waals surface area contributed by atoms with E-state index in [0.717, 1.165) is 5.56 Å². The average Bonchev–Trinajstić information content (AvgIpc) is 2.58. The van der Waals surface area contributed by atoms with Crippen molar-refractivity contribution in [2.45, 2.75) is 6.54 Å². The Balaban J connectivity index is 2.07.